The van der Waals surface area contributed by atoms with E-state index in [1.807, 2.05) is 0 Å². The minimum atomic E-state index is -0.708. The SMILES string of the molecule is C=CCn1c(=NC(=O)c2ccco2)sc2cc(F)cc(F)c21. The van der Waals surface area contributed by atoms with Gasteiger partial charge in [-0.3, -0.25) is 4.79 Å². The van der Waals surface area contributed by atoms with Gasteiger partial charge in [-0.25, -0.2) is 8.78 Å². The summed E-state index contributed by atoms with van der Waals surface area (Å²) in [6.07, 6.45) is 2.91. The third-order valence-electron chi connectivity index (χ3n) is 2.94. The number of benzene rings is 1. The van der Waals surface area contributed by atoms with Gasteiger partial charge in [0.25, 0.3) is 0 Å². The van der Waals surface area contributed by atoms with E-state index in [0.29, 0.717) is 4.70 Å². The van der Waals surface area contributed by atoms with Crippen molar-refractivity contribution in [2.75, 3.05) is 0 Å². The van der Waals surface area contributed by atoms with Gasteiger partial charge < -0.3 is 8.98 Å². The highest BCUT2D eigenvalue weighted by Crippen LogP contribution is 2.22. The fourth-order valence-electron chi connectivity index (χ4n) is 2.06. The van der Waals surface area contributed by atoms with Crippen molar-refractivity contribution >= 4 is 27.5 Å². The van der Waals surface area contributed by atoms with Crippen LogP contribution in [0.4, 0.5) is 8.78 Å². The van der Waals surface area contributed by atoms with Crippen LogP contribution in [0.1, 0.15) is 10.6 Å². The van der Waals surface area contributed by atoms with Crippen molar-refractivity contribution < 1.29 is 18.0 Å². The molecule has 4 nitrogen and oxygen atoms in total. The minimum absolute atomic E-state index is 0.0780. The van der Waals surface area contributed by atoms with Crippen LogP contribution in [0.25, 0.3) is 10.2 Å². The minimum Gasteiger partial charge on any atom is -0.459 e. The van der Waals surface area contributed by atoms with Gasteiger partial charge >= 0.3 is 5.91 Å². The Labute approximate surface area is 127 Å². The molecule has 112 valence electrons. The maximum atomic E-state index is 14.0. The van der Waals surface area contributed by atoms with E-state index in [0.717, 1.165) is 17.4 Å². The van der Waals surface area contributed by atoms with Crippen LogP contribution in [0.15, 0.2) is 52.6 Å². The summed E-state index contributed by atoms with van der Waals surface area (Å²) >= 11 is 1.02. The van der Waals surface area contributed by atoms with Gasteiger partial charge in [0.05, 0.1) is 16.5 Å². The second kappa shape index (κ2) is 5.69. The van der Waals surface area contributed by atoms with E-state index < -0.39 is 17.5 Å². The van der Waals surface area contributed by atoms with Crippen LogP contribution in [0.2, 0.25) is 0 Å². The number of carbonyl (C=O) groups excluding carboxylic acids is 1. The Balaban J connectivity index is 2.24. The standard InChI is InChI=1S/C15H10F2N2O2S/c1-2-5-19-13-10(17)7-9(16)8-12(13)22-15(19)18-14(20)11-4-3-6-21-11/h2-4,6-8H,1,5H2. The first-order chi connectivity index (χ1) is 10.6. The lowest BCUT2D eigenvalue weighted by atomic mass is 10.3. The first-order valence-corrected chi connectivity index (χ1v) is 7.13. The molecule has 0 atom stereocenters. The predicted molar refractivity (Wildman–Crippen MR) is 78.5 cm³/mol. The lowest BCUT2D eigenvalue weighted by molar-refractivity contribution is 0.0971. The second-order valence-corrected chi connectivity index (χ2v) is 5.42. The zero-order chi connectivity index (χ0) is 15.7. The molecule has 0 saturated heterocycles. The molecule has 0 aliphatic heterocycles. The molecule has 3 aromatic rings. The van der Waals surface area contributed by atoms with E-state index in [1.165, 1.54) is 23.0 Å². The Morgan fingerprint density at radius 1 is 1.45 bits per heavy atom. The Kier molecular flexibility index (Phi) is 3.72. The molecule has 0 unspecified atom stereocenters. The van der Waals surface area contributed by atoms with E-state index in [2.05, 4.69) is 11.6 Å². The van der Waals surface area contributed by atoms with Gasteiger partial charge in [-0.05, 0) is 18.2 Å². The fraction of sp³-hybridized carbons (Fsp3) is 0.0667. The monoisotopic (exact) mass is 320 g/mol. The van der Waals surface area contributed by atoms with E-state index in [9.17, 15) is 13.6 Å². The highest BCUT2D eigenvalue weighted by molar-refractivity contribution is 7.16. The number of aromatic nitrogens is 1. The van der Waals surface area contributed by atoms with E-state index in [4.69, 9.17) is 4.42 Å². The van der Waals surface area contributed by atoms with Crippen molar-refractivity contribution in [3.63, 3.8) is 0 Å². The molecule has 7 heteroatoms. The van der Waals surface area contributed by atoms with Gasteiger partial charge in [-0.15, -0.1) is 6.58 Å². The molecule has 0 N–H and O–H groups in total. The molecule has 3 rings (SSSR count). The number of nitrogens with zero attached hydrogens (tertiary/aromatic N) is 2. The summed E-state index contributed by atoms with van der Waals surface area (Å²) in [5, 5.41) is 0. The van der Waals surface area contributed by atoms with Crippen LogP contribution in [0, 0.1) is 11.6 Å². The maximum absolute atomic E-state index is 14.0. The molecular weight excluding hydrogens is 310 g/mol. The van der Waals surface area contributed by atoms with Gasteiger partial charge in [-0.1, -0.05) is 17.4 Å². The van der Waals surface area contributed by atoms with E-state index >= 15 is 0 Å². The molecule has 0 aliphatic carbocycles. The number of fused-ring (bicyclic) bond motifs is 1. The lowest BCUT2D eigenvalue weighted by Crippen LogP contribution is -2.16. The molecule has 0 saturated carbocycles. The quantitative estimate of drug-likeness (QED) is 0.693. The number of allylic oxidation sites excluding steroid dienone is 1. The number of thiazole rings is 1. The average Bonchev–Trinajstić information content (AvgIpc) is 3.08. The second-order valence-electron chi connectivity index (χ2n) is 4.41. The molecular formula is C15H10F2N2O2S. The fourth-order valence-corrected chi connectivity index (χ4v) is 3.13. The average molecular weight is 320 g/mol. The Morgan fingerprint density at radius 2 is 2.27 bits per heavy atom. The van der Waals surface area contributed by atoms with E-state index in [-0.39, 0.29) is 22.6 Å². The Morgan fingerprint density at radius 3 is 2.95 bits per heavy atom. The van der Waals surface area contributed by atoms with Gasteiger partial charge in [0.1, 0.15) is 5.82 Å². The molecule has 0 bridgehead atoms. The number of amides is 1. The summed E-state index contributed by atoms with van der Waals surface area (Å²) in [7, 11) is 0. The van der Waals surface area contributed by atoms with Crippen molar-refractivity contribution in [2.45, 2.75) is 6.54 Å². The number of furan rings is 1. The van der Waals surface area contributed by atoms with Crippen molar-refractivity contribution in [2.24, 2.45) is 4.99 Å². The summed E-state index contributed by atoms with van der Waals surface area (Å²) in [4.78, 5) is 16.2. The Bertz CT molecular complexity index is 923. The normalized spacial score (nSPS) is 12.0. The van der Waals surface area contributed by atoms with Crippen molar-refractivity contribution in [3.05, 3.63) is 65.4 Å². The van der Waals surface area contributed by atoms with Gasteiger partial charge in [0, 0.05) is 12.6 Å². The zero-order valence-electron chi connectivity index (χ0n) is 11.3. The number of carbonyl (C=O) groups is 1. The maximum Gasteiger partial charge on any atom is 0.315 e. The summed E-state index contributed by atoms with van der Waals surface area (Å²) in [5.74, 6) is -1.90. The summed E-state index contributed by atoms with van der Waals surface area (Å²) in [5.41, 5.74) is 0.192. The molecule has 0 fully saturated rings. The summed E-state index contributed by atoms with van der Waals surface area (Å²) in [6.45, 7) is 3.84. The van der Waals surface area contributed by atoms with Crippen LogP contribution in [0.5, 0.6) is 0 Å². The molecule has 0 spiro atoms. The zero-order valence-corrected chi connectivity index (χ0v) is 12.1. The highest BCUT2D eigenvalue weighted by atomic mass is 32.1. The summed E-state index contributed by atoms with van der Waals surface area (Å²) < 4.78 is 34.2. The molecule has 2 heterocycles. The number of rotatable bonds is 3. The summed E-state index contributed by atoms with van der Waals surface area (Å²) in [6, 6.07) is 5.06. The van der Waals surface area contributed by atoms with E-state index in [1.54, 1.807) is 12.1 Å². The van der Waals surface area contributed by atoms with Crippen LogP contribution in [-0.2, 0) is 6.54 Å². The smallest absolute Gasteiger partial charge is 0.315 e. The highest BCUT2D eigenvalue weighted by Gasteiger charge is 2.14. The number of hydrogen-bond donors (Lipinski definition) is 0. The molecule has 0 radical (unpaired) electrons. The topological polar surface area (TPSA) is 47.5 Å². The third kappa shape index (κ3) is 2.50. The van der Waals surface area contributed by atoms with Gasteiger partial charge in [0.2, 0.25) is 0 Å². The van der Waals surface area contributed by atoms with Gasteiger partial charge in [0.15, 0.2) is 16.4 Å². The molecule has 0 aliphatic rings. The third-order valence-corrected chi connectivity index (χ3v) is 3.96. The van der Waals surface area contributed by atoms with Crippen molar-refractivity contribution in [1.82, 2.24) is 4.57 Å². The Hall–Kier alpha value is -2.54. The van der Waals surface area contributed by atoms with Crippen molar-refractivity contribution in [1.29, 1.82) is 0 Å². The first kappa shape index (κ1) is 14.4. The van der Waals surface area contributed by atoms with Gasteiger partial charge in [-0.2, -0.15) is 4.99 Å². The van der Waals surface area contributed by atoms with Crippen LogP contribution in [0.3, 0.4) is 0 Å². The molecule has 1 amide bonds. The van der Waals surface area contributed by atoms with Crippen molar-refractivity contribution in [3.8, 4) is 0 Å². The number of halogens is 2. The predicted octanol–water partition coefficient (Wildman–Crippen LogP) is 3.50. The van der Waals surface area contributed by atoms with Crippen LogP contribution >= 0.6 is 11.3 Å². The first-order valence-electron chi connectivity index (χ1n) is 6.32. The number of hydrogen-bond acceptors (Lipinski definition) is 3. The lowest BCUT2D eigenvalue weighted by Gasteiger charge is -2.01. The molecule has 22 heavy (non-hydrogen) atoms. The molecule has 1 aromatic carbocycles. The molecule has 2 aromatic heterocycles. The van der Waals surface area contributed by atoms with Crippen LogP contribution < -0.4 is 4.80 Å². The largest absolute Gasteiger partial charge is 0.459 e. The van der Waals surface area contributed by atoms with Crippen LogP contribution in [-0.4, -0.2) is 10.5 Å².